The predicted octanol–water partition coefficient (Wildman–Crippen LogP) is 1.93. The van der Waals surface area contributed by atoms with Gasteiger partial charge in [-0.05, 0) is 30.9 Å². The molecule has 1 amide bonds. The lowest BCUT2D eigenvalue weighted by Gasteiger charge is -2.29. The number of nitrogens with one attached hydrogen (secondary N) is 2. The Balaban J connectivity index is 1.90. The molecule has 0 aliphatic carbocycles. The molecule has 1 aromatic rings. The van der Waals surface area contributed by atoms with Crippen molar-refractivity contribution < 1.29 is 4.79 Å². The van der Waals surface area contributed by atoms with Crippen molar-refractivity contribution in [1.29, 1.82) is 0 Å². The number of fused-ring (bicyclic) bond motifs is 1. The molecule has 22 heavy (non-hydrogen) atoms. The summed E-state index contributed by atoms with van der Waals surface area (Å²) in [6.45, 7) is 4.08. The molecule has 1 aromatic carbocycles. The third-order valence-electron chi connectivity index (χ3n) is 3.86. The number of amides is 1. The van der Waals surface area contributed by atoms with Gasteiger partial charge >= 0.3 is 0 Å². The van der Waals surface area contributed by atoms with Crippen molar-refractivity contribution in [3.63, 3.8) is 0 Å². The lowest BCUT2D eigenvalue weighted by Crippen LogP contribution is -2.46. The molecule has 120 valence electrons. The molecule has 1 heterocycles. The maximum absolute atomic E-state index is 12.5. The van der Waals surface area contributed by atoms with Crippen LogP contribution in [0.25, 0.3) is 0 Å². The van der Waals surface area contributed by atoms with E-state index in [0.29, 0.717) is 5.96 Å². The molecule has 0 spiro atoms. The zero-order valence-electron chi connectivity index (χ0n) is 13.6. The van der Waals surface area contributed by atoms with E-state index in [0.717, 1.165) is 44.5 Å². The Bertz CT molecular complexity index is 527. The van der Waals surface area contributed by atoms with Crippen LogP contribution >= 0.6 is 0 Å². The van der Waals surface area contributed by atoms with Crippen LogP contribution in [-0.2, 0) is 11.2 Å². The van der Waals surface area contributed by atoms with Gasteiger partial charge in [0, 0.05) is 25.8 Å². The summed E-state index contributed by atoms with van der Waals surface area (Å²) >= 11 is 0. The summed E-state index contributed by atoms with van der Waals surface area (Å²) < 4.78 is 0. The van der Waals surface area contributed by atoms with Gasteiger partial charge in [-0.1, -0.05) is 31.5 Å². The third kappa shape index (κ3) is 4.23. The standard InChI is InChI=1S/C17H26N4O/c1-3-4-11-19-17(18-2)20-13-16(22)21-12-7-9-14-8-5-6-10-15(14)21/h5-6,8,10H,3-4,7,9,11-13H2,1-2H3,(H2,18,19,20). The minimum Gasteiger partial charge on any atom is -0.356 e. The summed E-state index contributed by atoms with van der Waals surface area (Å²) in [6, 6.07) is 8.15. The number of anilines is 1. The maximum atomic E-state index is 12.5. The summed E-state index contributed by atoms with van der Waals surface area (Å²) in [5.74, 6) is 0.776. The second kappa shape index (κ2) is 8.41. The number of aryl methyl sites for hydroxylation is 1. The number of carbonyl (C=O) groups is 1. The number of benzene rings is 1. The van der Waals surface area contributed by atoms with Crippen LogP contribution < -0.4 is 15.5 Å². The molecule has 0 unspecified atom stereocenters. The van der Waals surface area contributed by atoms with Crippen LogP contribution in [0.1, 0.15) is 31.7 Å². The smallest absolute Gasteiger partial charge is 0.246 e. The lowest BCUT2D eigenvalue weighted by atomic mass is 10.0. The van der Waals surface area contributed by atoms with E-state index < -0.39 is 0 Å². The normalized spacial score (nSPS) is 14.5. The van der Waals surface area contributed by atoms with E-state index in [-0.39, 0.29) is 12.5 Å². The fourth-order valence-corrected chi connectivity index (χ4v) is 2.65. The van der Waals surface area contributed by atoms with E-state index in [1.807, 2.05) is 23.1 Å². The van der Waals surface area contributed by atoms with Crippen molar-refractivity contribution >= 4 is 17.6 Å². The van der Waals surface area contributed by atoms with Gasteiger partial charge in [-0.2, -0.15) is 0 Å². The SMILES string of the molecule is CCCCNC(=NC)NCC(=O)N1CCCc2ccccc21. The van der Waals surface area contributed by atoms with Crippen molar-refractivity contribution in [2.45, 2.75) is 32.6 Å². The highest BCUT2D eigenvalue weighted by atomic mass is 16.2. The summed E-state index contributed by atoms with van der Waals surface area (Å²) in [6.07, 6.45) is 4.29. The van der Waals surface area contributed by atoms with Gasteiger partial charge in [-0.25, -0.2) is 0 Å². The van der Waals surface area contributed by atoms with Crippen LogP contribution in [0.3, 0.4) is 0 Å². The largest absolute Gasteiger partial charge is 0.356 e. The Morgan fingerprint density at radius 3 is 2.91 bits per heavy atom. The first-order valence-electron chi connectivity index (χ1n) is 8.09. The second-order valence-corrected chi connectivity index (χ2v) is 5.48. The zero-order valence-corrected chi connectivity index (χ0v) is 13.6. The number of aliphatic imine (C=N–C) groups is 1. The van der Waals surface area contributed by atoms with Gasteiger partial charge in [0.1, 0.15) is 0 Å². The van der Waals surface area contributed by atoms with Gasteiger partial charge in [-0.15, -0.1) is 0 Å². The van der Waals surface area contributed by atoms with E-state index in [1.54, 1.807) is 7.05 Å². The molecule has 5 nitrogen and oxygen atoms in total. The molecule has 1 aliphatic heterocycles. The fraction of sp³-hybridized carbons (Fsp3) is 0.529. The van der Waals surface area contributed by atoms with Crippen molar-refractivity contribution in [2.24, 2.45) is 4.99 Å². The van der Waals surface area contributed by atoms with E-state index >= 15 is 0 Å². The van der Waals surface area contributed by atoms with Crippen LogP contribution in [0.5, 0.6) is 0 Å². The Morgan fingerprint density at radius 2 is 2.14 bits per heavy atom. The molecule has 0 bridgehead atoms. The average molecular weight is 302 g/mol. The number of rotatable bonds is 5. The average Bonchev–Trinajstić information content (AvgIpc) is 2.57. The number of para-hydroxylation sites is 1. The Kier molecular flexibility index (Phi) is 6.25. The first-order valence-corrected chi connectivity index (χ1v) is 8.09. The monoisotopic (exact) mass is 302 g/mol. The molecule has 0 saturated carbocycles. The van der Waals surface area contributed by atoms with Crippen molar-refractivity contribution in [3.8, 4) is 0 Å². The minimum absolute atomic E-state index is 0.0885. The van der Waals surface area contributed by atoms with Crippen LogP contribution in [0.4, 0.5) is 5.69 Å². The molecule has 0 aromatic heterocycles. The Labute approximate surface area is 132 Å². The molecule has 5 heteroatoms. The van der Waals surface area contributed by atoms with Crippen LogP contribution in [0.2, 0.25) is 0 Å². The van der Waals surface area contributed by atoms with Crippen LogP contribution in [0.15, 0.2) is 29.3 Å². The summed E-state index contributed by atoms with van der Waals surface area (Å²) in [5, 5.41) is 6.32. The zero-order chi connectivity index (χ0) is 15.8. The number of guanidine groups is 1. The van der Waals surface area contributed by atoms with E-state index in [4.69, 9.17) is 0 Å². The van der Waals surface area contributed by atoms with Gasteiger partial charge in [0.25, 0.3) is 0 Å². The van der Waals surface area contributed by atoms with Crippen molar-refractivity contribution in [3.05, 3.63) is 29.8 Å². The van der Waals surface area contributed by atoms with Gasteiger partial charge in [0.05, 0.1) is 6.54 Å². The van der Waals surface area contributed by atoms with Crippen molar-refractivity contribution in [1.82, 2.24) is 10.6 Å². The van der Waals surface area contributed by atoms with E-state index in [2.05, 4.69) is 28.6 Å². The summed E-state index contributed by atoms with van der Waals surface area (Å²) in [7, 11) is 1.72. The number of unbranched alkanes of at least 4 members (excludes halogenated alkanes) is 1. The summed E-state index contributed by atoms with van der Waals surface area (Å²) in [4.78, 5) is 18.5. The summed E-state index contributed by atoms with van der Waals surface area (Å²) in [5.41, 5.74) is 2.31. The third-order valence-corrected chi connectivity index (χ3v) is 3.86. The van der Waals surface area contributed by atoms with Gasteiger partial charge < -0.3 is 15.5 Å². The Hall–Kier alpha value is -2.04. The molecular formula is C17H26N4O. The number of nitrogens with zero attached hydrogens (tertiary/aromatic N) is 2. The number of carbonyl (C=O) groups excluding carboxylic acids is 1. The van der Waals surface area contributed by atoms with Gasteiger partial charge in [0.15, 0.2) is 5.96 Å². The highest BCUT2D eigenvalue weighted by Crippen LogP contribution is 2.26. The first-order chi connectivity index (χ1) is 10.8. The van der Waals surface area contributed by atoms with E-state index in [1.165, 1.54) is 5.56 Å². The molecule has 2 N–H and O–H groups in total. The van der Waals surface area contributed by atoms with Crippen molar-refractivity contribution in [2.75, 3.05) is 31.6 Å². The van der Waals surface area contributed by atoms with Gasteiger partial charge in [-0.3, -0.25) is 9.79 Å². The Morgan fingerprint density at radius 1 is 1.32 bits per heavy atom. The molecule has 0 fully saturated rings. The highest BCUT2D eigenvalue weighted by molar-refractivity contribution is 5.98. The quantitative estimate of drug-likeness (QED) is 0.496. The van der Waals surface area contributed by atoms with Crippen LogP contribution in [0, 0.1) is 0 Å². The molecule has 2 rings (SSSR count). The number of hydrogen-bond donors (Lipinski definition) is 2. The topological polar surface area (TPSA) is 56.7 Å². The minimum atomic E-state index is 0.0885. The molecular weight excluding hydrogens is 276 g/mol. The molecule has 0 atom stereocenters. The second-order valence-electron chi connectivity index (χ2n) is 5.48. The highest BCUT2D eigenvalue weighted by Gasteiger charge is 2.21. The molecule has 0 saturated heterocycles. The van der Waals surface area contributed by atoms with Gasteiger partial charge in [0.2, 0.25) is 5.91 Å². The predicted molar refractivity (Wildman–Crippen MR) is 91.4 cm³/mol. The molecule has 0 radical (unpaired) electrons. The molecule has 1 aliphatic rings. The number of hydrogen-bond acceptors (Lipinski definition) is 2. The fourth-order valence-electron chi connectivity index (χ4n) is 2.65. The van der Waals surface area contributed by atoms with E-state index in [9.17, 15) is 4.79 Å². The lowest BCUT2D eigenvalue weighted by molar-refractivity contribution is -0.117. The first kappa shape index (κ1) is 16.3. The van der Waals surface area contributed by atoms with Crippen LogP contribution in [-0.4, -0.2) is 38.5 Å². The maximum Gasteiger partial charge on any atom is 0.246 e.